The molecule has 4 rings (SSSR count). The molecule has 36 heavy (non-hydrogen) atoms. The number of phenolic OH excluding ortho intramolecular Hbond substituents is 1. The Morgan fingerprint density at radius 2 is 1.61 bits per heavy atom. The zero-order valence-corrected chi connectivity index (χ0v) is 21.9. The fraction of sp³-hybridized carbons (Fsp3) is 0.375. The third-order valence-corrected chi connectivity index (χ3v) is 7.17. The summed E-state index contributed by atoms with van der Waals surface area (Å²) in [6.07, 6.45) is 4.88. The van der Waals surface area contributed by atoms with Crippen LogP contribution in [0.1, 0.15) is 60.9 Å². The Hall–Kier alpha value is -3.08. The molecule has 0 aliphatic heterocycles. The Balaban J connectivity index is 1.75. The number of unbranched alkanes of at least 4 members (excludes halogenated alkanes) is 1. The van der Waals surface area contributed by atoms with Gasteiger partial charge in [0.25, 0.3) is 0 Å². The van der Waals surface area contributed by atoms with Crippen molar-refractivity contribution in [1.29, 1.82) is 0 Å². The molecule has 0 saturated heterocycles. The van der Waals surface area contributed by atoms with Crippen LogP contribution in [0.15, 0.2) is 66.7 Å². The number of fused-ring (bicyclic) bond motifs is 1. The number of aromatic amines is 1. The number of phenols is 1. The molecule has 0 bridgehead atoms. The number of nitrogens with one attached hydrogen (secondary N) is 1. The third-order valence-electron chi connectivity index (χ3n) is 7.17. The van der Waals surface area contributed by atoms with Gasteiger partial charge in [0, 0.05) is 29.1 Å². The van der Waals surface area contributed by atoms with Crippen molar-refractivity contribution in [3.05, 3.63) is 89.0 Å². The third kappa shape index (κ3) is 6.18. The van der Waals surface area contributed by atoms with Crippen molar-refractivity contribution >= 4 is 10.9 Å². The van der Waals surface area contributed by atoms with E-state index >= 15 is 0 Å². The zero-order chi connectivity index (χ0) is 25.5. The molecule has 1 atom stereocenters. The second kappa shape index (κ2) is 12.2. The Morgan fingerprint density at radius 1 is 0.889 bits per heavy atom. The first kappa shape index (κ1) is 26.0. The minimum absolute atomic E-state index is 0.240. The highest BCUT2D eigenvalue weighted by molar-refractivity contribution is 5.91. The van der Waals surface area contributed by atoms with Crippen LogP contribution in [-0.4, -0.2) is 39.8 Å². The van der Waals surface area contributed by atoms with Crippen LogP contribution < -0.4 is 0 Å². The van der Waals surface area contributed by atoms with Gasteiger partial charge in [-0.3, -0.25) is 4.90 Å². The van der Waals surface area contributed by atoms with Crippen molar-refractivity contribution in [1.82, 2.24) is 9.88 Å². The summed E-state index contributed by atoms with van der Waals surface area (Å²) in [7, 11) is 0. The van der Waals surface area contributed by atoms with Crippen LogP contribution in [0.5, 0.6) is 5.75 Å². The highest BCUT2D eigenvalue weighted by Crippen LogP contribution is 2.40. The van der Waals surface area contributed by atoms with Gasteiger partial charge in [0.2, 0.25) is 0 Å². The first-order valence-corrected chi connectivity index (χ1v) is 13.3. The van der Waals surface area contributed by atoms with Gasteiger partial charge < -0.3 is 15.2 Å². The largest absolute Gasteiger partial charge is 0.508 e. The number of aromatic nitrogens is 1. The molecule has 0 fully saturated rings. The van der Waals surface area contributed by atoms with Crippen LogP contribution in [0, 0.1) is 13.8 Å². The van der Waals surface area contributed by atoms with Gasteiger partial charge in [0.15, 0.2) is 0 Å². The first-order valence-electron chi connectivity index (χ1n) is 13.3. The number of H-pyrrole nitrogens is 1. The van der Waals surface area contributed by atoms with Crippen LogP contribution in [0.25, 0.3) is 22.2 Å². The summed E-state index contributed by atoms with van der Waals surface area (Å²) in [5, 5.41) is 20.4. The van der Waals surface area contributed by atoms with Crippen LogP contribution in [-0.2, 0) is 6.42 Å². The summed E-state index contributed by atoms with van der Waals surface area (Å²) in [6.45, 7) is 8.75. The standard InChI is InChI=1S/C32H40N2O2/c1-4-34(18-7-8-19-35)30(13-9-10-25-14-16-27(36)17-15-25)31-28-11-5-6-12-29(28)33-32(31)26-21-23(2)20-24(3)22-26/h5-6,11-12,14-17,20-22,30,33,35-36H,4,7-10,13,18-19H2,1-3H3. The maximum absolute atomic E-state index is 9.65. The summed E-state index contributed by atoms with van der Waals surface area (Å²) in [5.74, 6) is 0.314. The predicted molar refractivity (Wildman–Crippen MR) is 151 cm³/mol. The topological polar surface area (TPSA) is 59.5 Å². The molecule has 1 unspecified atom stereocenters. The summed E-state index contributed by atoms with van der Waals surface area (Å²) < 4.78 is 0. The van der Waals surface area contributed by atoms with E-state index in [2.05, 4.69) is 73.1 Å². The number of nitrogens with zero attached hydrogens (tertiary/aromatic N) is 1. The van der Waals surface area contributed by atoms with E-state index in [9.17, 15) is 10.2 Å². The summed E-state index contributed by atoms with van der Waals surface area (Å²) >= 11 is 0. The van der Waals surface area contributed by atoms with Gasteiger partial charge in [-0.25, -0.2) is 0 Å². The summed E-state index contributed by atoms with van der Waals surface area (Å²) in [6, 6.07) is 23.3. The van der Waals surface area contributed by atoms with E-state index in [0.29, 0.717) is 5.75 Å². The van der Waals surface area contributed by atoms with Crippen molar-refractivity contribution in [3.8, 4) is 17.0 Å². The second-order valence-electron chi connectivity index (χ2n) is 9.97. The van der Waals surface area contributed by atoms with Gasteiger partial charge in [-0.1, -0.05) is 54.4 Å². The molecular weight excluding hydrogens is 444 g/mol. The highest BCUT2D eigenvalue weighted by Gasteiger charge is 2.26. The molecule has 4 nitrogen and oxygen atoms in total. The molecule has 4 heteroatoms. The van der Waals surface area contributed by atoms with Gasteiger partial charge >= 0.3 is 0 Å². The molecule has 1 heterocycles. The molecular formula is C32H40N2O2. The van der Waals surface area contributed by atoms with E-state index in [1.54, 1.807) is 12.1 Å². The SMILES string of the molecule is CCN(CCCCO)C(CCCc1ccc(O)cc1)c1c(-c2cc(C)cc(C)c2)[nH]c2ccccc12. The summed E-state index contributed by atoms with van der Waals surface area (Å²) in [5.41, 5.74) is 8.82. The highest BCUT2D eigenvalue weighted by atomic mass is 16.3. The average Bonchev–Trinajstić information content (AvgIpc) is 3.25. The lowest BCUT2D eigenvalue weighted by Crippen LogP contribution is -2.30. The number of benzene rings is 3. The van der Waals surface area contributed by atoms with Gasteiger partial charge in [-0.2, -0.15) is 0 Å². The van der Waals surface area contributed by atoms with Crippen molar-refractivity contribution < 1.29 is 10.2 Å². The number of hydrogen-bond donors (Lipinski definition) is 3. The molecule has 4 aromatic rings. The van der Waals surface area contributed by atoms with E-state index in [-0.39, 0.29) is 12.6 Å². The smallest absolute Gasteiger partial charge is 0.115 e. The Labute approximate surface area is 215 Å². The Bertz CT molecular complexity index is 1240. The molecule has 0 aliphatic carbocycles. The molecule has 0 amide bonds. The number of aromatic hydroxyl groups is 1. The fourth-order valence-corrected chi connectivity index (χ4v) is 5.49. The number of hydrogen-bond acceptors (Lipinski definition) is 3. The molecule has 0 saturated carbocycles. The van der Waals surface area contributed by atoms with Crippen LogP contribution in [0.4, 0.5) is 0 Å². The lowest BCUT2D eigenvalue weighted by atomic mass is 9.92. The number of aryl methyl sites for hydroxylation is 3. The molecule has 0 spiro atoms. The molecule has 3 N–H and O–H groups in total. The predicted octanol–water partition coefficient (Wildman–Crippen LogP) is 7.32. The van der Waals surface area contributed by atoms with Crippen molar-refractivity contribution in [2.24, 2.45) is 0 Å². The van der Waals surface area contributed by atoms with E-state index in [0.717, 1.165) is 45.2 Å². The van der Waals surface area contributed by atoms with Gasteiger partial charge in [-0.05, 0) is 100 Å². The monoisotopic (exact) mass is 484 g/mol. The Morgan fingerprint density at radius 3 is 2.31 bits per heavy atom. The van der Waals surface area contributed by atoms with Crippen LogP contribution in [0.2, 0.25) is 0 Å². The van der Waals surface area contributed by atoms with Crippen molar-refractivity contribution in [3.63, 3.8) is 0 Å². The van der Waals surface area contributed by atoms with Crippen molar-refractivity contribution in [2.75, 3.05) is 19.7 Å². The van der Waals surface area contributed by atoms with E-state index in [4.69, 9.17) is 0 Å². The normalized spacial score (nSPS) is 12.5. The molecule has 0 radical (unpaired) electrons. The number of rotatable bonds is 12. The maximum atomic E-state index is 9.65. The van der Waals surface area contributed by atoms with Gasteiger partial charge in [0.1, 0.15) is 5.75 Å². The number of aliphatic hydroxyl groups is 1. The van der Waals surface area contributed by atoms with E-state index < -0.39 is 0 Å². The minimum atomic E-state index is 0.240. The maximum Gasteiger partial charge on any atom is 0.115 e. The van der Waals surface area contributed by atoms with E-state index in [1.165, 1.54) is 44.4 Å². The minimum Gasteiger partial charge on any atom is -0.508 e. The summed E-state index contributed by atoms with van der Waals surface area (Å²) in [4.78, 5) is 6.37. The number of para-hydroxylation sites is 1. The second-order valence-corrected chi connectivity index (χ2v) is 9.97. The quantitative estimate of drug-likeness (QED) is 0.185. The van der Waals surface area contributed by atoms with Gasteiger partial charge in [0.05, 0.1) is 5.69 Å². The molecule has 3 aromatic carbocycles. The van der Waals surface area contributed by atoms with E-state index in [1.807, 2.05) is 12.1 Å². The average molecular weight is 485 g/mol. The van der Waals surface area contributed by atoms with Crippen LogP contribution in [0.3, 0.4) is 0 Å². The van der Waals surface area contributed by atoms with Crippen LogP contribution >= 0.6 is 0 Å². The Kier molecular flexibility index (Phi) is 8.84. The van der Waals surface area contributed by atoms with Crippen molar-refractivity contribution in [2.45, 2.75) is 58.9 Å². The number of aliphatic hydroxyl groups excluding tert-OH is 1. The molecule has 190 valence electrons. The first-order chi connectivity index (χ1) is 17.5. The lowest BCUT2D eigenvalue weighted by Gasteiger charge is -2.32. The molecule has 0 aliphatic rings. The molecule has 1 aromatic heterocycles. The lowest BCUT2D eigenvalue weighted by molar-refractivity contribution is 0.184. The van der Waals surface area contributed by atoms with Gasteiger partial charge in [-0.15, -0.1) is 0 Å². The zero-order valence-electron chi connectivity index (χ0n) is 21.9. The fourth-order valence-electron chi connectivity index (χ4n) is 5.49.